The topological polar surface area (TPSA) is 23.5 Å². The number of benzene rings is 1. The number of phenols is 1. The lowest BCUT2D eigenvalue weighted by molar-refractivity contribution is 0.237. The van der Waals surface area contributed by atoms with Gasteiger partial charge >= 0.3 is 0 Å². The van der Waals surface area contributed by atoms with Crippen LogP contribution in [0.1, 0.15) is 31.2 Å². The molecule has 1 aromatic carbocycles. The molecule has 0 radical (unpaired) electrons. The summed E-state index contributed by atoms with van der Waals surface area (Å²) in [5.41, 5.74) is 1.20. The predicted octanol–water partition coefficient (Wildman–Crippen LogP) is 2.77. The van der Waals surface area contributed by atoms with E-state index >= 15 is 0 Å². The van der Waals surface area contributed by atoms with E-state index in [0.29, 0.717) is 5.75 Å². The lowest BCUT2D eigenvalue weighted by Gasteiger charge is -2.23. The number of hydrogen-bond acceptors (Lipinski definition) is 2. The van der Waals surface area contributed by atoms with E-state index in [1.807, 2.05) is 12.1 Å². The monoisotopic (exact) mass is 205 g/mol. The zero-order valence-electron chi connectivity index (χ0n) is 9.32. The Kier molecular flexibility index (Phi) is 3.27. The molecule has 1 fully saturated rings. The summed E-state index contributed by atoms with van der Waals surface area (Å²) in [6, 6.07) is 8.30. The van der Waals surface area contributed by atoms with Gasteiger partial charge in [0.25, 0.3) is 0 Å². The van der Waals surface area contributed by atoms with Gasteiger partial charge in [-0.05, 0) is 37.6 Å². The van der Waals surface area contributed by atoms with Gasteiger partial charge in [-0.3, -0.25) is 4.90 Å². The molecular formula is C13H19NO. The highest BCUT2D eigenvalue weighted by atomic mass is 16.3. The summed E-state index contributed by atoms with van der Waals surface area (Å²) in [7, 11) is 2.18. The van der Waals surface area contributed by atoms with E-state index in [0.717, 1.165) is 12.6 Å². The van der Waals surface area contributed by atoms with E-state index in [1.165, 1.54) is 31.2 Å². The maximum atomic E-state index is 9.37. The number of phenolic OH excluding ortho intramolecular Hbond substituents is 1. The summed E-state index contributed by atoms with van der Waals surface area (Å²) >= 11 is 0. The molecule has 0 bridgehead atoms. The average Bonchev–Trinajstić information content (AvgIpc) is 2.70. The minimum absolute atomic E-state index is 0.368. The predicted molar refractivity (Wildman–Crippen MR) is 61.8 cm³/mol. The van der Waals surface area contributed by atoms with Crippen molar-refractivity contribution in [2.45, 2.75) is 38.3 Å². The molecule has 0 aromatic heterocycles. The second-order valence-corrected chi connectivity index (χ2v) is 4.52. The highest BCUT2D eigenvalue weighted by Crippen LogP contribution is 2.24. The van der Waals surface area contributed by atoms with Gasteiger partial charge in [0.1, 0.15) is 5.75 Å². The first-order valence-corrected chi connectivity index (χ1v) is 5.74. The van der Waals surface area contributed by atoms with Crippen molar-refractivity contribution in [2.24, 2.45) is 0 Å². The Labute approximate surface area is 91.5 Å². The Morgan fingerprint density at radius 3 is 2.73 bits per heavy atom. The van der Waals surface area contributed by atoms with Crippen molar-refractivity contribution < 1.29 is 5.11 Å². The molecule has 0 heterocycles. The molecule has 0 spiro atoms. The minimum Gasteiger partial charge on any atom is -0.508 e. The number of rotatable bonds is 3. The van der Waals surface area contributed by atoms with Crippen LogP contribution in [-0.2, 0) is 6.54 Å². The SMILES string of the molecule is CN(Cc1cccc(O)c1)C1CCCC1. The van der Waals surface area contributed by atoms with Gasteiger partial charge in [-0.25, -0.2) is 0 Å². The standard InChI is InChI=1S/C13H19NO/c1-14(12-6-2-3-7-12)10-11-5-4-8-13(15)9-11/h4-5,8-9,12,15H,2-3,6-7,10H2,1H3. The van der Waals surface area contributed by atoms with Gasteiger partial charge in [0.05, 0.1) is 0 Å². The van der Waals surface area contributed by atoms with Crippen molar-refractivity contribution in [2.75, 3.05) is 7.05 Å². The fourth-order valence-electron chi connectivity index (χ4n) is 2.42. The second kappa shape index (κ2) is 4.67. The molecule has 2 rings (SSSR count). The fourth-order valence-corrected chi connectivity index (χ4v) is 2.42. The van der Waals surface area contributed by atoms with Crippen molar-refractivity contribution in [3.63, 3.8) is 0 Å². The summed E-state index contributed by atoms with van der Waals surface area (Å²) in [4.78, 5) is 2.40. The molecule has 1 aliphatic rings. The summed E-state index contributed by atoms with van der Waals surface area (Å²) in [6.45, 7) is 0.944. The van der Waals surface area contributed by atoms with Gasteiger partial charge in [-0.15, -0.1) is 0 Å². The summed E-state index contributed by atoms with van der Waals surface area (Å²) in [5.74, 6) is 0.368. The van der Waals surface area contributed by atoms with Crippen molar-refractivity contribution in [1.29, 1.82) is 0 Å². The Balaban J connectivity index is 1.95. The van der Waals surface area contributed by atoms with Crippen LogP contribution in [0.15, 0.2) is 24.3 Å². The number of hydrogen-bond donors (Lipinski definition) is 1. The third-order valence-electron chi connectivity index (χ3n) is 3.29. The summed E-state index contributed by atoms with van der Waals surface area (Å²) < 4.78 is 0. The molecule has 1 aromatic rings. The number of aromatic hydroxyl groups is 1. The minimum atomic E-state index is 0.368. The van der Waals surface area contributed by atoms with Crippen molar-refractivity contribution in [3.8, 4) is 5.75 Å². The van der Waals surface area contributed by atoms with Crippen molar-refractivity contribution in [3.05, 3.63) is 29.8 Å². The summed E-state index contributed by atoms with van der Waals surface area (Å²) in [5, 5.41) is 9.37. The fraction of sp³-hybridized carbons (Fsp3) is 0.538. The number of nitrogens with zero attached hydrogens (tertiary/aromatic N) is 1. The maximum Gasteiger partial charge on any atom is 0.115 e. The van der Waals surface area contributed by atoms with E-state index in [2.05, 4.69) is 18.0 Å². The quantitative estimate of drug-likeness (QED) is 0.820. The molecule has 0 unspecified atom stereocenters. The van der Waals surface area contributed by atoms with E-state index in [1.54, 1.807) is 6.07 Å². The van der Waals surface area contributed by atoms with Crippen LogP contribution in [0.3, 0.4) is 0 Å². The summed E-state index contributed by atoms with van der Waals surface area (Å²) in [6.07, 6.45) is 5.40. The van der Waals surface area contributed by atoms with Crippen LogP contribution in [0.5, 0.6) is 5.75 Å². The van der Waals surface area contributed by atoms with Crippen LogP contribution in [0.2, 0.25) is 0 Å². The molecule has 0 amide bonds. The zero-order chi connectivity index (χ0) is 10.7. The van der Waals surface area contributed by atoms with Crippen LogP contribution in [0, 0.1) is 0 Å². The second-order valence-electron chi connectivity index (χ2n) is 4.52. The van der Waals surface area contributed by atoms with E-state index < -0.39 is 0 Å². The molecular weight excluding hydrogens is 186 g/mol. The van der Waals surface area contributed by atoms with E-state index in [-0.39, 0.29) is 0 Å². The van der Waals surface area contributed by atoms with Gasteiger partial charge in [-0.1, -0.05) is 25.0 Å². The lowest BCUT2D eigenvalue weighted by atomic mass is 10.1. The van der Waals surface area contributed by atoms with Gasteiger partial charge in [0, 0.05) is 12.6 Å². The molecule has 82 valence electrons. The smallest absolute Gasteiger partial charge is 0.115 e. The van der Waals surface area contributed by atoms with Crippen LogP contribution in [-0.4, -0.2) is 23.1 Å². The van der Waals surface area contributed by atoms with Gasteiger partial charge in [0.2, 0.25) is 0 Å². The molecule has 15 heavy (non-hydrogen) atoms. The van der Waals surface area contributed by atoms with Crippen LogP contribution < -0.4 is 0 Å². The molecule has 2 nitrogen and oxygen atoms in total. The molecule has 0 saturated heterocycles. The van der Waals surface area contributed by atoms with Gasteiger partial charge in [0.15, 0.2) is 0 Å². The Bertz CT molecular complexity index is 318. The lowest BCUT2D eigenvalue weighted by Crippen LogP contribution is -2.28. The molecule has 1 N–H and O–H groups in total. The van der Waals surface area contributed by atoms with Crippen LogP contribution >= 0.6 is 0 Å². The van der Waals surface area contributed by atoms with Crippen molar-refractivity contribution >= 4 is 0 Å². The Morgan fingerprint density at radius 2 is 2.07 bits per heavy atom. The van der Waals surface area contributed by atoms with Gasteiger partial charge < -0.3 is 5.11 Å². The first kappa shape index (κ1) is 10.5. The highest BCUT2D eigenvalue weighted by Gasteiger charge is 2.19. The normalized spacial score (nSPS) is 17.5. The molecule has 1 saturated carbocycles. The Hall–Kier alpha value is -1.02. The first-order chi connectivity index (χ1) is 7.25. The van der Waals surface area contributed by atoms with Crippen LogP contribution in [0.4, 0.5) is 0 Å². The van der Waals surface area contributed by atoms with Gasteiger partial charge in [-0.2, -0.15) is 0 Å². The zero-order valence-corrected chi connectivity index (χ0v) is 9.32. The highest BCUT2D eigenvalue weighted by molar-refractivity contribution is 5.27. The van der Waals surface area contributed by atoms with E-state index in [9.17, 15) is 5.11 Å². The molecule has 0 aliphatic heterocycles. The largest absolute Gasteiger partial charge is 0.508 e. The van der Waals surface area contributed by atoms with Crippen LogP contribution in [0.25, 0.3) is 0 Å². The third-order valence-corrected chi connectivity index (χ3v) is 3.29. The van der Waals surface area contributed by atoms with E-state index in [4.69, 9.17) is 0 Å². The molecule has 1 aliphatic carbocycles. The van der Waals surface area contributed by atoms with Crippen molar-refractivity contribution in [1.82, 2.24) is 4.90 Å². The molecule has 0 atom stereocenters. The average molecular weight is 205 g/mol. The third kappa shape index (κ3) is 2.72. The first-order valence-electron chi connectivity index (χ1n) is 5.74. The Morgan fingerprint density at radius 1 is 1.33 bits per heavy atom. The maximum absolute atomic E-state index is 9.37. The molecule has 2 heteroatoms.